The highest BCUT2D eigenvalue weighted by Crippen LogP contribution is 2.23. The smallest absolute Gasteiger partial charge is 0.255 e. The van der Waals surface area contributed by atoms with E-state index in [1.807, 2.05) is 23.4 Å². The minimum absolute atomic E-state index is 0.00383. The SMILES string of the molecule is CC(C)(C)n1ccc(C(=O)N2CCC(N3CC(O)C3)CC2)c1. The van der Waals surface area contributed by atoms with Gasteiger partial charge in [0, 0.05) is 50.2 Å². The van der Waals surface area contributed by atoms with Gasteiger partial charge in [0.05, 0.1) is 11.7 Å². The third-order valence-corrected chi connectivity index (χ3v) is 4.87. The zero-order chi connectivity index (χ0) is 15.9. The third kappa shape index (κ3) is 3.06. The number of rotatable bonds is 2. The van der Waals surface area contributed by atoms with Gasteiger partial charge in [0.2, 0.25) is 0 Å². The van der Waals surface area contributed by atoms with Gasteiger partial charge in [0.1, 0.15) is 0 Å². The molecule has 2 saturated heterocycles. The highest BCUT2D eigenvalue weighted by atomic mass is 16.3. The zero-order valence-electron chi connectivity index (χ0n) is 13.8. The van der Waals surface area contributed by atoms with E-state index in [1.54, 1.807) is 0 Å². The maximum atomic E-state index is 12.6. The van der Waals surface area contributed by atoms with E-state index in [4.69, 9.17) is 0 Å². The van der Waals surface area contributed by atoms with Crippen LogP contribution in [0.1, 0.15) is 44.0 Å². The second-order valence-electron chi connectivity index (χ2n) is 7.61. The van der Waals surface area contributed by atoms with Crippen molar-refractivity contribution < 1.29 is 9.90 Å². The summed E-state index contributed by atoms with van der Waals surface area (Å²) < 4.78 is 2.09. The van der Waals surface area contributed by atoms with Crippen LogP contribution in [0.4, 0.5) is 0 Å². The minimum atomic E-state index is -0.142. The number of aliphatic hydroxyl groups is 1. The zero-order valence-corrected chi connectivity index (χ0v) is 13.8. The first-order chi connectivity index (χ1) is 10.3. The molecule has 122 valence electrons. The average molecular weight is 305 g/mol. The lowest BCUT2D eigenvalue weighted by molar-refractivity contribution is -0.0381. The Morgan fingerprint density at radius 3 is 2.36 bits per heavy atom. The molecule has 1 amide bonds. The van der Waals surface area contributed by atoms with Crippen LogP contribution in [0.15, 0.2) is 18.5 Å². The second-order valence-corrected chi connectivity index (χ2v) is 7.61. The molecular formula is C17H27N3O2. The Labute approximate surface area is 132 Å². The fourth-order valence-corrected chi connectivity index (χ4v) is 3.34. The molecule has 2 aliphatic heterocycles. The summed E-state index contributed by atoms with van der Waals surface area (Å²) >= 11 is 0. The van der Waals surface area contributed by atoms with Crippen LogP contribution in [0.2, 0.25) is 0 Å². The molecule has 1 N–H and O–H groups in total. The quantitative estimate of drug-likeness (QED) is 0.901. The van der Waals surface area contributed by atoms with Crippen molar-refractivity contribution in [3.8, 4) is 0 Å². The largest absolute Gasteiger partial charge is 0.390 e. The molecule has 3 heterocycles. The Morgan fingerprint density at radius 2 is 1.86 bits per heavy atom. The number of hydrogen-bond donors (Lipinski definition) is 1. The van der Waals surface area contributed by atoms with Crippen LogP contribution < -0.4 is 0 Å². The van der Waals surface area contributed by atoms with Gasteiger partial charge in [0.15, 0.2) is 0 Å². The first-order valence-corrected chi connectivity index (χ1v) is 8.24. The Balaban J connectivity index is 1.57. The number of likely N-dealkylation sites (tertiary alicyclic amines) is 2. The number of carbonyl (C=O) groups excluding carboxylic acids is 1. The molecule has 2 aliphatic rings. The van der Waals surface area contributed by atoms with E-state index in [-0.39, 0.29) is 17.6 Å². The van der Waals surface area contributed by atoms with E-state index in [2.05, 4.69) is 30.2 Å². The van der Waals surface area contributed by atoms with Crippen LogP contribution >= 0.6 is 0 Å². The number of carbonyl (C=O) groups is 1. The molecule has 1 aromatic rings. The van der Waals surface area contributed by atoms with Crippen molar-refractivity contribution in [3.05, 3.63) is 24.0 Å². The number of aromatic nitrogens is 1. The molecule has 5 nitrogen and oxygen atoms in total. The maximum absolute atomic E-state index is 12.6. The lowest BCUT2D eigenvalue weighted by Crippen LogP contribution is -2.58. The Kier molecular flexibility index (Phi) is 4.03. The van der Waals surface area contributed by atoms with Gasteiger partial charge in [0.25, 0.3) is 5.91 Å². The molecule has 0 spiro atoms. The summed E-state index contributed by atoms with van der Waals surface area (Å²) in [7, 11) is 0. The van der Waals surface area contributed by atoms with E-state index in [9.17, 15) is 9.90 Å². The van der Waals surface area contributed by atoms with Gasteiger partial charge >= 0.3 is 0 Å². The molecule has 0 radical (unpaired) electrons. The van der Waals surface area contributed by atoms with E-state index in [0.717, 1.165) is 44.6 Å². The highest BCUT2D eigenvalue weighted by molar-refractivity contribution is 5.94. The Morgan fingerprint density at radius 1 is 1.23 bits per heavy atom. The van der Waals surface area contributed by atoms with E-state index in [1.165, 1.54) is 0 Å². The van der Waals surface area contributed by atoms with Crippen LogP contribution in [-0.2, 0) is 5.54 Å². The van der Waals surface area contributed by atoms with Crippen molar-refractivity contribution in [2.45, 2.75) is 51.3 Å². The summed E-state index contributed by atoms with van der Waals surface area (Å²) in [4.78, 5) is 16.9. The van der Waals surface area contributed by atoms with Crippen LogP contribution in [0, 0.1) is 0 Å². The van der Waals surface area contributed by atoms with Gasteiger partial charge in [-0.15, -0.1) is 0 Å². The summed E-state index contributed by atoms with van der Waals surface area (Å²) in [5.41, 5.74) is 0.789. The molecule has 0 aromatic carbocycles. The first kappa shape index (κ1) is 15.6. The molecule has 0 bridgehead atoms. The predicted molar refractivity (Wildman–Crippen MR) is 85.9 cm³/mol. The molecular weight excluding hydrogens is 278 g/mol. The van der Waals surface area contributed by atoms with Gasteiger partial charge in [-0.25, -0.2) is 0 Å². The van der Waals surface area contributed by atoms with Crippen molar-refractivity contribution in [3.63, 3.8) is 0 Å². The lowest BCUT2D eigenvalue weighted by Gasteiger charge is -2.45. The van der Waals surface area contributed by atoms with Crippen LogP contribution in [0.3, 0.4) is 0 Å². The molecule has 5 heteroatoms. The predicted octanol–water partition coefficient (Wildman–Crippen LogP) is 1.52. The van der Waals surface area contributed by atoms with Gasteiger partial charge in [-0.1, -0.05) is 0 Å². The second kappa shape index (κ2) is 5.70. The molecule has 0 aliphatic carbocycles. The highest BCUT2D eigenvalue weighted by Gasteiger charge is 2.34. The maximum Gasteiger partial charge on any atom is 0.255 e. The molecule has 2 fully saturated rings. The molecule has 3 rings (SSSR count). The number of piperidine rings is 1. The summed E-state index contributed by atoms with van der Waals surface area (Å²) in [5, 5.41) is 9.40. The van der Waals surface area contributed by atoms with Crippen LogP contribution in [0.5, 0.6) is 0 Å². The molecule has 0 unspecified atom stereocenters. The van der Waals surface area contributed by atoms with E-state index < -0.39 is 0 Å². The topological polar surface area (TPSA) is 48.7 Å². The van der Waals surface area contributed by atoms with Crippen LogP contribution in [0.25, 0.3) is 0 Å². The molecule has 1 aromatic heterocycles. The van der Waals surface area contributed by atoms with Crippen molar-refractivity contribution in [1.29, 1.82) is 0 Å². The summed E-state index contributed by atoms with van der Waals surface area (Å²) in [6, 6.07) is 2.46. The van der Waals surface area contributed by atoms with Crippen molar-refractivity contribution in [2.24, 2.45) is 0 Å². The summed E-state index contributed by atoms with van der Waals surface area (Å²) in [6.07, 6.45) is 5.83. The average Bonchev–Trinajstić information content (AvgIpc) is 2.93. The van der Waals surface area contributed by atoms with Crippen molar-refractivity contribution in [2.75, 3.05) is 26.2 Å². The van der Waals surface area contributed by atoms with Gasteiger partial charge < -0.3 is 14.6 Å². The Bertz CT molecular complexity index is 532. The fourth-order valence-electron chi connectivity index (χ4n) is 3.34. The molecule has 22 heavy (non-hydrogen) atoms. The summed E-state index contributed by atoms with van der Waals surface area (Å²) in [6.45, 7) is 9.63. The number of nitrogens with zero attached hydrogens (tertiary/aromatic N) is 3. The third-order valence-electron chi connectivity index (χ3n) is 4.87. The van der Waals surface area contributed by atoms with Crippen molar-refractivity contribution in [1.82, 2.24) is 14.4 Å². The number of amides is 1. The monoisotopic (exact) mass is 305 g/mol. The van der Waals surface area contributed by atoms with Gasteiger partial charge in [-0.05, 0) is 39.7 Å². The van der Waals surface area contributed by atoms with Gasteiger partial charge in [-0.3, -0.25) is 9.69 Å². The summed E-state index contributed by atoms with van der Waals surface area (Å²) in [5.74, 6) is 0.144. The van der Waals surface area contributed by atoms with Crippen molar-refractivity contribution >= 4 is 5.91 Å². The van der Waals surface area contributed by atoms with E-state index >= 15 is 0 Å². The minimum Gasteiger partial charge on any atom is -0.390 e. The Hall–Kier alpha value is -1.33. The van der Waals surface area contributed by atoms with E-state index in [0.29, 0.717) is 6.04 Å². The standard InChI is InChI=1S/C17H27N3O2/c1-17(2,3)20-9-4-13(10-20)16(22)18-7-5-14(6-8-18)19-11-15(21)12-19/h4,9-10,14-15,21H,5-8,11-12H2,1-3H3. The normalized spacial score (nSPS) is 21.9. The van der Waals surface area contributed by atoms with Gasteiger partial charge in [-0.2, -0.15) is 0 Å². The number of aliphatic hydroxyl groups excluding tert-OH is 1. The number of β-amino-alcohol motifs (C(OH)–C–C–N with tert-alkyl or cyclic N) is 1. The van der Waals surface area contributed by atoms with Crippen LogP contribution in [-0.4, -0.2) is 63.7 Å². The lowest BCUT2D eigenvalue weighted by atomic mass is 9.98. The first-order valence-electron chi connectivity index (χ1n) is 8.24. The fraction of sp³-hybridized carbons (Fsp3) is 0.706. The number of hydrogen-bond acceptors (Lipinski definition) is 3. The molecule has 0 saturated carbocycles. The molecule has 0 atom stereocenters.